The topological polar surface area (TPSA) is 52.6 Å². The SMILES string of the molecule is CC(=O)O[C@H]1CC[C@@]2(C)C(=CC[C@H]3[C@@H]4CC[C@H](C(=O)O[C@H](C)c5ccccc5)[C@@]4(C)CC[C@@H]32)C1. The molecular weight excluding hydrogens is 424 g/mol. The average Bonchev–Trinajstić information content (AvgIpc) is 3.17. The summed E-state index contributed by atoms with van der Waals surface area (Å²) >= 11 is 0. The van der Waals surface area contributed by atoms with Crippen LogP contribution in [0.25, 0.3) is 0 Å². The van der Waals surface area contributed by atoms with Crippen molar-refractivity contribution in [2.75, 3.05) is 0 Å². The van der Waals surface area contributed by atoms with Gasteiger partial charge in [-0.05, 0) is 86.0 Å². The van der Waals surface area contributed by atoms with Crippen LogP contribution in [0.1, 0.15) is 90.7 Å². The standard InChI is InChI=1S/C30H40O4/c1-19(21-8-6-5-7-9-21)33-28(32)27-13-12-25-24-11-10-22-18-23(34-20(2)31)14-16-29(22,3)26(24)15-17-30(25,27)4/h5-10,19,23-27H,11-18H2,1-4H3/t19-,23+,24+,25+,26+,27-,29+,30+/m1/s1. The van der Waals surface area contributed by atoms with Crippen molar-refractivity contribution in [3.05, 3.63) is 47.5 Å². The van der Waals surface area contributed by atoms with Gasteiger partial charge in [0.1, 0.15) is 12.2 Å². The normalized spacial score (nSPS) is 39.6. The van der Waals surface area contributed by atoms with Crippen molar-refractivity contribution < 1.29 is 19.1 Å². The average molecular weight is 465 g/mol. The Morgan fingerprint density at radius 2 is 1.76 bits per heavy atom. The van der Waals surface area contributed by atoms with Crippen LogP contribution in [0.2, 0.25) is 0 Å². The lowest BCUT2D eigenvalue weighted by Gasteiger charge is -2.57. The zero-order valence-electron chi connectivity index (χ0n) is 21.2. The maximum Gasteiger partial charge on any atom is 0.310 e. The summed E-state index contributed by atoms with van der Waals surface area (Å²) in [4.78, 5) is 24.9. The molecule has 34 heavy (non-hydrogen) atoms. The molecule has 1 aromatic rings. The smallest absolute Gasteiger partial charge is 0.310 e. The predicted molar refractivity (Wildman–Crippen MR) is 132 cm³/mol. The number of fused-ring (bicyclic) bond motifs is 5. The summed E-state index contributed by atoms with van der Waals surface area (Å²) in [5, 5.41) is 0. The number of rotatable bonds is 4. The zero-order chi connectivity index (χ0) is 24.1. The van der Waals surface area contributed by atoms with Gasteiger partial charge in [-0.25, -0.2) is 0 Å². The number of carbonyl (C=O) groups is 2. The van der Waals surface area contributed by atoms with Crippen LogP contribution in [0.4, 0.5) is 0 Å². The fraction of sp³-hybridized carbons (Fsp3) is 0.667. The van der Waals surface area contributed by atoms with Crippen LogP contribution in [0.5, 0.6) is 0 Å². The number of carbonyl (C=O) groups excluding carboxylic acids is 2. The maximum absolute atomic E-state index is 13.4. The highest BCUT2D eigenvalue weighted by atomic mass is 16.5. The van der Waals surface area contributed by atoms with Crippen molar-refractivity contribution >= 4 is 11.9 Å². The lowest BCUT2D eigenvalue weighted by molar-refractivity contribution is -0.161. The Kier molecular flexibility index (Phi) is 6.14. The van der Waals surface area contributed by atoms with Gasteiger partial charge in [-0.2, -0.15) is 0 Å². The summed E-state index contributed by atoms with van der Waals surface area (Å²) in [5.74, 6) is 1.73. The van der Waals surface area contributed by atoms with Gasteiger partial charge >= 0.3 is 11.9 Å². The number of esters is 2. The van der Waals surface area contributed by atoms with Crippen molar-refractivity contribution in [3.8, 4) is 0 Å². The van der Waals surface area contributed by atoms with Gasteiger partial charge in [-0.15, -0.1) is 0 Å². The number of ether oxygens (including phenoxy) is 2. The molecular formula is C30H40O4. The van der Waals surface area contributed by atoms with E-state index in [-0.39, 0.29) is 40.9 Å². The molecule has 8 atom stereocenters. The van der Waals surface area contributed by atoms with Gasteiger partial charge in [-0.3, -0.25) is 9.59 Å². The largest absolute Gasteiger partial charge is 0.462 e. The zero-order valence-corrected chi connectivity index (χ0v) is 21.2. The summed E-state index contributed by atoms with van der Waals surface area (Å²) in [6.07, 6.45) is 10.7. The molecule has 0 radical (unpaired) electrons. The van der Waals surface area contributed by atoms with Crippen LogP contribution in [0.15, 0.2) is 42.0 Å². The Bertz CT molecular complexity index is 967. The van der Waals surface area contributed by atoms with E-state index in [4.69, 9.17) is 9.47 Å². The van der Waals surface area contributed by atoms with Crippen molar-refractivity contribution in [3.63, 3.8) is 0 Å². The highest BCUT2D eigenvalue weighted by molar-refractivity contribution is 5.74. The molecule has 4 nitrogen and oxygen atoms in total. The van der Waals surface area contributed by atoms with E-state index in [1.165, 1.54) is 18.9 Å². The van der Waals surface area contributed by atoms with Gasteiger partial charge in [-0.1, -0.05) is 55.8 Å². The monoisotopic (exact) mass is 464 g/mol. The minimum Gasteiger partial charge on any atom is -0.462 e. The summed E-state index contributed by atoms with van der Waals surface area (Å²) in [7, 11) is 0. The molecule has 0 N–H and O–H groups in total. The van der Waals surface area contributed by atoms with Gasteiger partial charge in [0, 0.05) is 13.3 Å². The van der Waals surface area contributed by atoms with Crippen LogP contribution in [0, 0.1) is 34.5 Å². The number of allylic oxidation sites excluding steroid dienone is 1. The summed E-state index contributed by atoms with van der Waals surface area (Å²) in [5.41, 5.74) is 2.81. The third kappa shape index (κ3) is 3.91. The quantitative estimate of drug-likeness (QED) is 0.363. The molecule has 0 aromatic heterocycles. The second-order valence-corrected chi connectivity index (χ2v) is 11.9. The second-order valence-electron chi connectivity index (χ2n) is 11.9. The van der Waals surface area contributed by atoms with Gasteiger partial charge < -0.3 is 9.47 Å². The number of hydrogen-bond acceptors (Lipinski definition) is 4. The first-order chi connectivity index (χ1) is 16.2. The van der Waals surface area contributed by atoms with Gasteiger partial charge in [0.05, 0.1) is 5.92 Å². The third-order valence-electron chi connectivity index (χ3n) is 10.2. The van der Waals surface area contributed by atoms with E-state index in [0.717, 1.165) is 50.5 Å². The summed E-state index contributed by atoms with van der Waals surface area (Å²) in [6.45, 7) is 8.34. The molecule has 0 heterocycles. The lowest BCUT2D eigenvalue weighted by atomic mass is 9.47. The Morgan fingerprint density at radius 1 is 1.00 bits per heavy atom. The molecule has 1 aromatic carbocycles. The molecule has 5 rings (SSSR count). The van der Waals surface area contributed by atoms with E-state index >= 15 is 0 Å². The van der Waals surface area contributed by atoms with E-state index in [0.29, 0.717) is 17.8 Å². The molecule has 4 aliphatic rings. The second kappa shape index (κ2) is 8.84. The van der Waals surface area contributed by atoms with E-state index in [1.54, 1.807) is 0 Å². The van der Waals surface area contributed by atoms with Crippen molar-refractivity contribution in [1.29, 1.82) is 0 Å². The number of benzene rings is 1. The molecule has 0 amide bonds. The van der Waals surface area contributed by atoms with Crippen molar-refractivity contribution in [2.45, 2.75) is 91.3 Å². The van der Waals surface area contributed by atoms with E-state index < -0.39 is 0 Å². The molecule has 0 bridgehead atoms. The van der Waals surface area contributed by atoms with Crippen LogP contribution >= 0.6 is 0 Å². The summed E-state index contributed by atoms with van der Waals surface area (Å²) in [6, 6.07) is 10.1. The first kappa shape index (κ1) is 23.6. The Balaban J connectivity index is 1.31. The molecule has 0 spiro atoms. The Hall–Kier alpha value is -2.10. The first-order valence-corrected chi connectivity index (χ1v) is 13.3. The van der Waals surface area contributed by atoms with E-state index in [1.807, 2.05) is 37.3 Å². The van der Waals surface area contributed by atoms with Crippen LogP contribution in [0.3, 0.4) is 0 Å². The van der Waals surface area contributed by atoms with Crippen LogP contribution in [-0.4, -0.2) is 18.0 Å². The molecule has 4 aliphatic carbocycles. The highest BCUT2D eigenvalue weighted by Gasteiger charge is 2.60. The van der Waals surface area contributed by atoms with Crippen molar-refractivity contribution in [1.82, 2.24) is 0 Å². The molecule has 3 fully saturated rings. The lowest BCUT2D eigenvalue weighted by Crippen LogP contribution is -2.51. The van der Waals surface area contributed by atoms with E-state index in [9.17, 15) is 9.59 Å². The first-order valence-electron chi connectivity index (χ1n) is 13.3. The highest BCUT2D eigenvalue weighted by Crippen LogP contribution is 2.66. The van der Waals surface area contributed by atoms with Crippen molar-refractivity contribution in [2.24, 2.45) is 34.5 Å². The van der Waals surface area contributed by atoms with Gasteiger partial charge in [0.2, 0.25) is 0 Å². The molecule has 4 heteroatoms. The van der Waals surface area contributed by atoms with E-state index in [2.05, 4.69) is 19.9 Å². The van der Waals surface area contributed by atoms with Crippen LogP contribution < -0.4 is 0 Å². The Morgan fingerprint density at radius 3 is 2.50 bits per heavy atom. The fourth-order valence-corrected chi connectivity index (χ4v) is 8.40. The summed E-state index contributed by atoms with van der Waals surface area (Å²) < 4.78 is 11.6. The van der Waals surface area contributed by atoms with Crippen LogP contribution in [-0.2, 0) is 19.1 Å². The molecule has 3 saturated carbocycles. The Labute approximate surface area is 204 Å². The third-order valence-corrected chi connectivity index (χ3v) is 10.2. The maximum atomic E-state index is 13.4. The predicted octanol–water partition coefficient (Wildman–Crippen LogP) is 6.80. The minimum atomic E-state index is -0.209. The molecule has 0 saturated heterocycles. The molecule has 0 unspecified atom stereocenters. The number of hydrogen-bond donors (Lipinski definition) is 0. The molecule has 0 aliphatic heterocycles. The fourth-order valence-electron chi connectivity index (χ4n) is 8.40. The van der Waals surface area contributed by atoms with Gasteiger partial charge in [0.25, 0.3) is 0 Å². The van der Waals surface area contributed by atoms with Gasteiger partial charge in [0.15, 0.2) is 0 Å². The minimum absolute atomic E-state index is 0.0000508. The molecule has 184 valence electrons.